The molecule has 2 heterocycles. The van der Waals surface area contributed by atoms with Crippen LogP contribution in [-0.4, -0.2) is 49.0 Å². The van der Waals surface area contributed by atoms with Crippen LogP contribution in [0.2, 0.25) is 0 Å². The molecule has 1 aliphatic heterocycles. The van der Waals surface area contributed by atoms with Gasteiger partial charge in [0.25, 0.3) is 0 Å². The summed E-state index contributed by atoms with van der Waals surface area (Å²) >= 11 is 1.81. The average Bonchev–Trinajstić information content (AvgIpc) is 3.12. The molecule has 0 radical (unpaired) electrons. The maximum atomic E-state index is 12.4. The summed E-state index contributed by atoms with van der Waals surface area (Å²) < 4.78 is 5.70. The molecule has 25 heavy (non-hydrogen) atoms. The summed E-state index contributed by atoms with van der Waals surface area (Å²) in [5.74, 6) is 1.18. The van der Waals surface area contributed by atoms with Gasteiger partial charge in [-0.2, -0.15) is 0 Å². The van der Waals surface area contributed by atoms with Crippen LogP contribution in [0.25, 0.3) is 0 Å². The number of ether oxygens (including phenoxy) is 1. The molecule has 1 aromatic heterocycles. The largest absolute Gasteiger partial charge is 0.494 e. The van der Waals surface area contributed by atoms with E-state index >= 15 is 0 Å². The summed E-state index contributed by atoms with van der Waals surface area (Å²) in [6.07, 6.45) is 2.56. The van der Waals surface area contributed by atoms with Crippen LogP contribution >= 0.6 is 11.3 Å². The summed E-state index contributed by atoms with van der Waals surface area (Å²) in [7, 11) is 2.07. The lowest BCUT2D eigenvalue weighted by molar-refractivity contribution is -0.132. The van der Waals surface area contributed by atoms with Crippen LogP contribution < -0.4 is 4.74 Å². The molecule has 134 valence electrons. The number of hydrogen-bond acceptors (Lipinski definition) is 4. The van der Waals surface area contributed by atoms with Crippen molar-refractivity contribution in [1.29, 1.82) is 0 Å². The molecular formula is C20H26N2O2S. The van der Waals surface area contributed by atoms with E-state index in [1.165, 1.54) is 10.4 Å². The highest BCUT2D eigenvalue weighted by molar-refractivity contribution is 7.10. The molecule has 4 nitrogen and oxygen atoms in total. The highest BCUT2D eigenvalue weighted by Crippen LogP contribution is 2.24. The molecule has 0 spiro atoms. The van der Waals surface area contributed by atoms with Gasteiger partial charge in [0.1, 0.15) is 5.75 Å². The van der Waals surface area contributed by atoms with Crippen LogP contribution in [0.1, 0.15) is 23.3 Å². The average molecular weight is 359 g/mol. The number of nitrogens with zero attached hydrogens (tertiary/aromatic N) is 2. The lowest BCUT2D eigenvalue weighted by atomic mass is 10.1. The standard InChI is InChI=1S/C20H26N2O2S/c1-21(11-5-14-24-18-6-3-2-4-7-18)12-9-20(23)22-13-8-19-17(16-22)10-15-25-19/h2-4,6-7,10,15H,5,8-9,11-14,16H2,1H3. The van der Waals surface area contributed by atoms with Gasteiger partial charge in [-0.25, -0.2) is 0 Å². The highest BCUT2D eigenvalue weighted by Gasteiger charge is 2.21. The second-order valence-electron chi connectivity index (χ2n) is 6.50. The number of rotatable bonds is 8. The van der Waals surface area contributed by atoms with E-state index in [0.717, 1.165) is 44.8 Å². The first kappa shape index (κ1) is 18.0. The van der Waals surface area contributed by atoms with Crippen LogP contribution in [0.4, 0.5) is 0 Å². The zero-order valence-corrected chi connectivity index (χ0v) is 15.6. The number of benzene rings is 1. The molecule has 1 aromatic carbocycles. The van der Waals surface area contributed by atoms with Crippen LogP contribution in [0.5, 0.6) is 5.75 Å². The third-order valence-corrected chi connectivity index (χ3v) is 5.59. The van der Waals surface area contributed by atoms with Crippen LogP contribution in [0.3, 0.4) is 0 Å². The second-order valence-corrected chi connectivity index (χ2v) is 7.50. The fourth-order valence-electron chi connectivity index (χ4n) is 3.06. The lowest BCUT2D eigenvalue weighted by Crippen LogP contribution is -2.37. The third-order valence-electron chi connectivity index (χ3n) is 4.56. The van der Waals surface area contributed by atoms with Crippen molar-refractivity contribution in [2.45, 2.75) is 25.8 Å². The summed E-state index contributed by atoms with van der Waals surface area (Å²) in [4.78, 5) is 18.1. The predicted molar refractivity (Wildman–Crippen MR) is 102 cm³/mol. The number of thiophene rings is 1. The van der Waals surface area contributed by atoms with Crippen LogP contribution in [-0.2, 0) is 17.8 Å². The maximum Gasteiger partial charge on any atom is 0.224 e. The van der Waals surface area contributed by atoms with Crippen molar-refractivity contribution >= 4 is 17.2 Å². The summed E-state index contributed by atoms with van der Waals surface area (Å²) in [5.41, 5.74) is 1.33. The van der Waals surface area contributed by atoms with Crippen molar-refractivity contribution in [1.82, 2.24) is 9.80 Å². The first-order chi connectivity index (χ1) is 12.2. The third kappa shape index (κ3) is 5.31. The predicted octanol–water partition coefficient (Wildman–Crippen LogP) is 3.42. The van der Waals surface area contributed by atoms with Crippen LogP contribution in [0.15, 0.2) is 41.8 Å². The summed E-state index contributed by atoms with van der Waals surface area (Å²) in [6, 6.07) is 12.0. The van der Waals surface area contributed by atoms with Gasteiger partial charge in [-0.15, -0.1) is 11.3 Å². The maximum absolute atomic E-state index is 12.4. The number of hydrogen-bond donors (Lipinski definition) is 0. The molecule has 2 aromatic rings. The molecule has 1 aliphatic rings. The Labute approximate surface area is 154 Å². The second kappa shape index (κ2) is 9.02. The Bertz CT molecular complexity index is 671. The van der Waals surface area contributed by atoms with Gasteiger partial charge >= 0.3 is 0 Å². The SMILES string of the molecule is CN(CCCOc1ccccc1)CCC(=O)N1CCc2sccc2C1. The van der Waals surface area contributed by atoms with Gasteiger partial charge in [0, 0.05) is 37.5 Å². The minimum Gasteiger partial charge on any atom is -0.494 e. The smallest absolute Gasteiger partial charge is 0.224 e. The lowest BCUT2D eigenvalue weighted by Gasteiger charge is -2.28. The fraction of sp³-hybridized carbons (Fsp3) is 0.450. The first-order valence-corrected chi connectivity index (χ1v) is 9.80. The number of fused-ring (bicyclic) bond motifs is 1. The Morgan fingerprint density at radius 2 is 2.08 bits per heavy atom. The van der Waals surface area contributed by atoms with E-state index in [-0.39, 0.29) is 5.91 Å². The minimum atomic E-state index is 0.268. The number of carbonyl (C=O) groups excluding carboxylic acids is 1. The molecule has 0 N–H and O–H groups in total. The highest BCUT2D eigenvalue weighted by atomic mass is 32.1. The molecule has 0 saturated carbocycles. The zero-order valence-electron chi connectivity index (χ0n) is 14.8. The molecule has 0 saturated heterocycles. The molecule has 0 atom stereocenters. The van der Waals surface area contributed by atoms with Crippen molar-refractivity contribution in [2.24, 2.45) is 0 Å². The van der Waals surface area contributed by atoms with Gasteiger partial charge in [0.05, 0.1) is 6.61 Å². The minimum absolute atomic E-state index is 0.268. The Morgan fingerprint density at radius 1 is 1.24 bits per heavy atom. The van der Waals surface area contributed by atoms with Gasteiger partial charge < -0.3 is 14.5 Å². The number of para-hydroxylation sites is 1. The van der Waals surface area contributed by atoms with Gasteiger partial charge in [-0.1, -0.05) is 18.2 Å². The number of amides is 1. The normalized spacial score (nSPS) is 13.8. The van der Waals surface area contributed by atoms with Crippen molar-refractivity contribution in [2.75, 3.05) is 33.3 Å². The quantitative estimate of drug-likeness (QED) is 0.678. The number of carbonyl (C=O) groups is 1. The van der Waals surface area contributed by atoms with E-state index < -0.39 is 0 Å². The van der Waals surface area contributed by atoms with E-state index in [9.17, 15) is 4.79 Å². The molecule has 0 fully saturated rings. The molecule has 5 heteroatoms. The molecule has 0 unspecified atom stereocenters. The first-order valence-electron chi connectivity index (χ1n) is 8.92. The molecule has 0 bridgehead atoms. The topological polar surface area (TPSA) is 32.8 Å². The summed E-state index contributed by atoms with van der Waals surface area (Å²) in [6.45, 7) is 4.09. The van der Waals surface area contributed by atoms with Crippen molar-refractivity contribution in [3.63, 3.8) is 0 Å². The van der Waals surface area contributed by atoms with E-state index in [0.29, 0.717) is 13.0 Å². The van der Waals surface area contributed by atoms with Gasteiger partial charge in [-0.3, -0.25) is 4.79 Å². The van der Waals surface area contributed by atoms with Gasteiger partial charge in [0.15, 0.2) is 0 Å². The summed E-state index contributed by atoms with van der Waals surface area (Å²) in [5, 5.41) is 2.13. The van der Waals surface area contributed by atoms with E-state index in [1.807, 2.05) is 46.6 Å². The Hall–Kier alpha value is -1.85. The van der Waals surface area contributed by atoms with Gasteiger partial charge in [0.2, 0.25) is 5.91 Å². The zero-order chi connectivity index (χ0) is 17.5. The van der Waals surface area contributed by atoms with Crippen molar-refractivity contribution < 1.29 is 9.53 Å². The van der Waals surface area contributed by atoms with Gasteiger partial charge in [-0.05, 0) is 49.0 Å². The van der Waals surface area contributed by atoms with E-state index in [2.05, 4.69) is 23.4 Å². The molecule has 0 aliphatic carbocycles. The molecular weight excluding hydrogens is 332 g/mol. The van der Waals surface area contributed by atoms with Crippen molar-refractivity contribution in [3.8, 4) is 5.75 Å². The van der Waals surface area contributed by atoms with E-state index in [1.54, 1.807) is 0 Å². The monoisotopic (exact) mass is 358 g/mol. The van der Waals surface area contributed by atoms with E-state index in [4.69, 9.17) is 4.74 Å². The fourth-order valence-corrected chi connectivity index (χ4v) is 3.95. The Kier molecular flexibility index (Phi) is 6.48. The molecule has 3 rings (SSSR count). The molecule has 1 amide bonds. The Morgan fingerprint density at radius 3 is 2.92 bits per heavy atom. The Balaban J connectivity index is 1.31. The van der Waals surface area contributed by atoms with Crippen molar-refractivity contribution in [3.05, 3.63) is 52.2 Å². The van der Waals surface area contributed by atoms with Crippen LogP contribution in [0, 0.1) is 0 Å².